The average molecular weight is 307 g/mol. The summed E-state index contributed by atoms with van der Waals surface area (Å²) in [4.78, 5) is 9.30. The van der Waals surface area contributed by atoms with Crippen molar-refractivity contribution in [1.82, 2.24) is 14.8 Å². The van der Waals surface area contributed by atoms with Crippen molar-refractivity contribution in [2.24, 2.45) is 0 Å². The van der Waals surface area contributed by atoms with E-state index in [9.17, 15) is 0 Å². The number of pyridine rings is 1. The molecule has 0 bridgehead atoms. The first kappa shape index (κ1) is 15.9. The molecule has 1 aliphatic heterocycles. The Balaban J connectivity index is 1.44. The molecule has 2 heterocycles. The second kappa shape index (κ2) is 8.04. The lowest BCUT2D eigenvalue weighted by molar-refractivity contribution is 0.137. The smallest absolute Gasteiger partial charge is 0.0315 e. The van der Waals surface area contributed by atoms with Gasteiger partial charge in [0.05, 0.1) is 0 Å². The van der Waals surface area contributed by atoms with E-state index in [1.54, 1.807) is 0 Å². The molecule has 0 atom stereocenters. The van der Waals surface area contributed by atoms with Gasteiger partial charge in [-0.25, -0.2) is 0 Å². The summed E-state index contributed by atoms with van der Waals surface area (Å²) in [5.41, 5.74) is 3.97. The molecule has 0 aliphatic carbocycles. The summed E-state index contributed by atoms with van der Waals surface area (Å²) in [7, 11) is 0. The van der Waals surface area contributed by atoms with E-state index in [2.05, 4.69) is 70.3 Å². The highest BCUT2D eigenvalue weighted by atomic mass is 15.3. The van der Waals surface area contributed by atoms with Crippen molar-refractivity contribution < 1.29 is 0 Å². The van der Waals surface area contributed by atoms with Gasteiger partial charge in [0.25, 0.3) is 0 Å². The van der Waals surface area contributed by atoms with E-state index in [0.717, 1.165) is 39.3 Å². The minimum absolute atomic E-state index is 1.02. The van der Waals surface area contributed by atoms with Gasteiger partial charge in [-0.15, -0.1) is 0 Å². The van der Waals surface area contributed by atoms with Gasteiger partial charge >= 0.3 is 0 Å². The summed E-state index contributed by atoms with van der Waals surface area (Å²) in [6.07, 6.45) is 8.36. The van der Waals surface area contributed by atoms with E-state index in [1.807, 2.05) is 12.4 Å². The lowest BCUT2D eigenvalue weighted by Gasteiger charge is -2.34. The summed E-state index contributed by atoms with van der Waals surface area (Å²) in [6.45, 7) is 8.77. The second-order valence-corrected chi connectivity index (χ2v) is 6.19. The van der Waals surface area contributed by atoms with Crippen molar-refractivity contribution in [2.75, 3.05) is 32.7 Å². The molecule has 1 aromatic heterocycles. The third-order valence-corrected chi connectivity index (χ3v) is 4.48. The summed E-state index contributed by atoms with van der Waals surface area (Å²) >= 11 is 0. The molecule has 120 valence electrons. The molecule has 0 N–H and O–H groups in total. The van der Waals surface area contributed by atoms with Gasteiger partial charge in [-0.3, -0.25) is 14.8 Å². The lowest BCUT2D eigenvalue weighted by Crippen LogP contribution is -2.45. The predicted octanol–water partition coefficient (Wildman–Crippen LogP) is 3.22. The van der Waals surface area contributed by atoms with Crippen LogP contribution in [0.25, 0.3) is 6.08 Å². The number of nitrogens with zero attached hydrogens (tertiary/aromatic N) is 3. The van der Waals surface area contributed by atoms with E-state index in [1.165, 1.54) is 16.7 Å². The lowest BCUT2D eigenvalue weighted by atomic mass is 10.1. The van der Waals surface area contributed by atoms with Gasteiger partial charge in [0.2, 0.25) is 0 Å². The van der Waals surface area contributed by atoms with Crippen LogP contribution in [0.4, 0.5) is 0 Å². The van der Waals surface area contributed by atoms with Gasteiger partial charge in [0.1, 0.15) is 0 Å². The zero-order chi connectivity index (χ0) is 15.9. The molecule has 0 amide bonds. The SMILES string of the molecule is Cc1ccncc1CN1CCN(C/C=C/c2ccccc2)CC1. The number of hydrogen-bond acceptors (Lipinski definition) is 3. The van der Waals surface area contributed by atoms with E-state index in [4.69, 9.17) is 0 Å². The summed E-state index contributed by atoms with van der Waals surface area (Å²) in [5.74, 6) is 0. The number of benzene rings is 1. The molecule has 0 saturated carbocycles. The quantitative estimate of drug-likeness (QED) is 0.845. The largest absolute Gasteiger partial charge is 0.297 e. The first-order valence-electron chi connectivity index (χ1n) is 8.37. The fourth-order valence-corrected chi connectivity index (χ4v) is 2.94. The molecule has 3 rings (SSSR count). The van der Waals surface area contributed by atoms with E-state index in [-0.39, 0.29) is 0 Å². The van der Waals surface area contributed by atoms with Gasteiger partial charge in [0, 0.05) is 51.7 Å². The van der Waals surface area contributed by atoms with Crippen LogP contribution in [0.2, 0.25) is 0 Å². The molecule has 23 heavy (non-hydrogen) atoms. The molecule has 2 aromatic rings. The molecular formula is C20H25N3. The van der Waals surface area contributed by atoms with E-state index >= 15 is 0 Å². The molecule has 3 nitrogen and oxygen atoms in total. The van der Waals surface area contributed by atoms with Crippen LogP contribution in [-0.2, 0) is 6.54 Å². The van der Waals surface area contributed by atoms with Crippen LogP contribution < -0.4 is 0 Å². The normalized spacial score (nSPS) is 16.9. The van der Waals surface area contributed by atoms with Crippen LogP contribution in [0.5, 0.6) is 0 Å². The molecule has 0 radical (unpaired) electrons. The zero-order valence-electron chi connectivity index (χ0n) is 13.9. The minimum atomic E-state index is 1.02. The van der Waals surface area contributed by atoms with Crippen molar-refractivity contribution in [2.45, 2.75) is 13.5 Å². The number of hydrogen-bond donors (Lipinski definition) is 0. The van der Waals surface area contributed by atoms with Crippen molar-refractivity contribution in [3.8, 4) is 0 Å². The van der Waals surface area contributed by atoms with Crippen molar-refractivity contribution in [1.29, 1.82) is 0 Å². The maximum Gasteiger partial charge on any atom is 0.0315 e. The van der Waals surface area contributed by atoms with Crippen LogP contribution in [-0.4, -0.2) is 47.5 Å². The summed E-state index contributed by atoms with van der Waals surface area (Å²) in [6, 6.07) is 12.6. The molecule has 1 saturated heterocycles. The van der Waals surface area contributed by atoms with Gasteiger partial charge in [0.15, 0.2) is 0 Å². The molecule has 1 aliphatic rings. The van der Waals surface area contributed by atoms with Crippen molar-refractivity contribution in [3.63, 3.8) is 0 Å². The highest BCUT2D eigenvalue weighted by Gasteiger charge is 2.16. The number of aryl methyl sites for hydroxylation is 1. The predicted molar refractivity (Wildman–Crippen MR) is 96.2 cm³/mol. The van der Waals surface area contributed by atoms with Gasteiger partial charge in [-0.2, -0.15) is 0 Å². The molecule has 0 spiro atoms. The Kier molecular flexibility index (Phi) is 5.56. The van der Waals surface area contributed by atoms with E-state index < -0.39 is 0 Å². The molecule has 3 heteroatoms. The van der Waals surface area contributed by atoms with Crippen molar-refractivity contribution >= 4 is 6.08 Å². The Labute approximate surface area is 139 Å². The first-order valence-corrected chi connectivity index (χ1v) is 8.37. The van der Waals surface area contributed by atoms with Crippen molar-refractivity contribution in [3.05, 3.63) is 71.6 Å². The Bertz CT molecular complexity index is 628. The van der Waals surface area contributed by atoms with Gasteiger partial charge < -0.3 is 0 Å². The fraction of sp³-hybridized carbons (Fsp3) is 0.350. The minimum Gasteiger partial charge on any atom is -0.297 e. The van der Waals surface area contributed by atoms with Gasteiger partial charge in [-0.05, 0) is 29.7 Å². The summed E-state index contributed by atoms with van der Waals surface area (Å²) in [5, 5.41) is 0. The number of aromatic nitrogens is 1. The maximum absolute atomic E-state index is 4.25. The molecule has 1 aromatic carbocycles. The van der Waals surface area contributed by atoms with Crippen LogP contribution in [0.1, 0.15) is 16.7 Å². The Morgan fingerprint density at radius 2 is 1.74 bits per heavy atom. The molecule has 0 unspecified atom stereocenters. The highest BCUT2D eigenvalue weighted by Crippen LogP contribution is 2.11. The third-order valence-electron chi connectivity index (χ3n) is 4.48. The highest BCUT2D eigenvalue weighted by molar-refractivity contribution is 5.48. The van der Waals surface area contributed by atoms with Crippen LogP contribution in [0, 0.1) is 6.92 Å². The van der Waals surface area contributed by atoms with Crippen LogP contribution >= 0.6 is 0 Å². The van der Waals surface area contributed by atoms with Crippen LogP contribution in [0.15, 0.2) is 54.9 Å². The Morgan fingerprint density at radius 1 is 1.00 bits per heavy atom. The van der Waals surface area contributed by atoms with E-state index in [0.29, 0.717) is 0 Å². The average Bonchev–Trinajstić information content (AvgIpc) is 2.59. The fourth-order valence-electron chi connectivity index (χ4n) is 2.94. The first-order chi connectivity index (χ1) is 11.3. The number of rotatable bonds is 5. The second-order valence-electron chi connectivity index (χ2n) is 6.19. The molecule has 1 fully saturated rings. The van der Waals surface area contributed by atoms with Gasteiger partial charge in [-0.1, -0.05) is 42.5 Å². The summed E-state index contributed by atoms with van der Waals surface area (Å²) < 4.78 is 0. The topological polar surface area (TPSA) is 19.4 Å². The molecular weight excluding hydrogens is 282 g/mol. The van der Waals surface area contributed by atoms with Crippen LogP contribution in [0.3, 0.4) is 0 Å². The zero-order valence-corrected chi connectivity index (χ0v) is 13.9. The standard InChI is InChI=1S/C20H25N3/c1-18-9-10-21-16-20(18)17-23-14-12-22(13-15-23)11-5-8-19-6-3-2-4-7-19/h2-10,16H,11-15,17H2,1H3/b8-5+. The Morgan fingerprint density at radius 3 is 2.48 bits per heavy atom. The third kappa shape index (κ3) is 4.75. The maximum atomic E-state index is 4.25. The Hall–Kier alpha value is -1.97. The monoisotopic (exact) mass is 307 g/mol. The number of piperazine rings is 1.